The summed E-state index contributed by atoms with van der Waals surface area (Å²) in [6.45, 7) is 15.0. The Morgan fingerprint density at radius 1 is 1.17 bits per heavy atom. The Kier molecular flexibility index (Phi) is 7.46. The Hall–Kier alpha value is -0.900. The first-order chi connectivity index (χ1) is 13.8. The van der Waals surface area contributed by atoms with Crippen molar-refractivity contribution in [3.63, 3.8) is 0 Å². The zero-order chi connectivity index (χ0) is 21.1. The van der Waals surface area contributed by atoms with Crippen molar-refractivity contribution in [1.29, 1.82) is 0 Å². The van der Waals surface area contributed by atoms with E-state index >= 15 is 0 Å². The van der Waals surface area contributed by atoms with Crippen LogP contribution in [0.2, 0.25) is 0 Å². The SMILES string of the molecule is CC[C@H](CO)NCCNC[C@]1(C)CCC[C@]2(C)c3ccc(C(C)C)cc3CC[C@@H]12. The topological polar surface area (TPSA) is 44.3 Å². The van der Waals surface area contributed by atoms with E-state index in [4.69, 9.17) is 0 Å². The van der Waals surface area contributed by atoms with Crippen molar-refractivity contribution in [2.45, 2.75) is 90.5 Å². The van der Waals surface area contributed by atoms with Crippen LogP contribution < -0.4 is 10.6 Å². The van der Waals surface area contributed by atoms with Gasteiger partial charge in [0.2, 0.25) is 0 Å². The molecule has 0 unspecified atom stereocenters. The van der Waals surface area contributed by atoms with Crippen LogP contribution in [-0.2, 0) is 11.8 Å². The molecule has 29 heavy (non-hydrogen) atoms. The molecule has 3 heteroatoms. The summed E-state index contributed by atoms with van der Waals surface area (Å²) in [7, 11) is 0. The number of aryl methyl sites for hydroxylation is 1. The van der Waals surface area contributed by atoms with Crippen LogP contribution >= 0.6 is 0 Å². The largest absolute Gasteiger partial charge is 0.395 e. The number of aliphatic hydroxyl groups is 1. The van der Waals surface area contributed by atoms with Crippen LogP contribution in [0.5, 0.6) is 0 Å². The van der Waals surface area contributed by atoms with Gasteiger partial charge in [-0.25, -0.2) is 0 Å². The monoisotopic (exact) mass is 400 g/mol. The molecule has 0 saturated heterocycles. The quantitative estimate of drug-likeness (QED) is 0.523. The maximum absolute atomic E-state index is 9.33. The molecule has 0 radical (unpaired) electrons. The second-order valence-electron chi connectivity index (χ2n) is 10.5. The molecule has 0 aliphatic heterocycles. The Morgan fingerprint density at radius 2 is 1.97 bits per heavy atom. The van der Waals surface area contributed by atoms with Gasteiger partial charge in [-0.05, 0) is 71.5 Å². The molecular weight excluding hydrogens is 356 g/mol. The summed E-state index contributed by atoms with van der Waals surface area (Å²) in [6, 6.07) is 7.59. The molecule has 1 saturated carbocycles. The lowest BCUT2D eigenvalue weighted by molar-refractivity contribution is 0.0260. The fourth-order valence-electron chi connectivity index (χ4n) is 6.29. The van der Waals surface area contributed by atoms with Crippen LogP contribution in [-0.4, -0.2) is 37.4 Å². The van der Waals surface area contributed by atoms with E-state index < -0.39 is 0 Å². The molecule has 164 valence electrons. The minimum Gasteiger partial charge on any atom is -0.395 e. The van der Waals surface area contributed by atoms with E-state index in [2.05, 4.69) is 63.5 Å². The standard InChI is InChI=1S/C26H44N2O/c1-6-22(17-29)28-15-14-27-18-25(4)12-7-13-26(5)23-10-8-20(19(2)3)16-21(23)9-11-24(25)26/h8,10,16,19,22,24,27-29H,6-7,9,11-15,17-18H2,1-5H3/t22-,24+,25+,26-/m1/s1. The molecule has 0 heterocycles. The Bertz CT molecular complexity index is 669. The van der Waals surface area contributed by atoms with Gasteiger partial charge in [-0.1, -0.05) is 59.2 Å². The molecule has 3 rings (SSSR count). The van der Waals surface area contributed by atoms with Crippen molar-refractivity contribution in [3.05, 3.63) is 34.9 Å². The molecule has 2 aliphatic rings. The van der Waals surface area contributed by atoms with Crippen LogP contribution in [0.1, 0.15) is 89.3 Å². The number of hydrogen-bond donors (Lipinski definition) is 3. The van der Waals surface area contributed by atoms with Gasteiger partial charge in [0.1, 0.15) is 0 Å². The van der Waals surface area contributed by atoms with Crippen molar-refractivity contribution in [1.82, 2.24) is 10.6 Å². The molecule has 0 spiro atoms. The summed E-state index contributed by atoms with van der Waals surface area (Å²) < 4.78 is 0. The minimum atomic E-state index is 0.229. The van der Waals surface area contributed by atoms with Crippen LogP contribution in [0, 0.1) is 11.3 Å². The molecule has 0 aromatic heterocycles. The average molecular weight is 401 g/mol. The first-order valence-corrected chi connectivity index (χ1v) is 12.0. The molecule has 1 aromatic rings. The Labute approximate surface area is 179 Å². The highest BCUT2D eigenvalue weighted by Crippen LogP contribution is 2.57. The number of fused-ring (bicyclic) bond motifs is 3. The van der Waals surface area contributed by atoms with E-state index in [-0.39, 0.29) is 12.6 Å². The fraction of sp³-hybridized carbons (Fsp3) is 0.769. The van der Waals surface area contributed by atoms with E-state index in [0.717, 1.165) is 32.0 Å². The van der Waals surface area contributed by atoms with Crippen molar-refractivity contribution in [2.75, 3.05) is 26.2 Å². The maximum atomic E-state index is 9.33. The second kappa shape index (κ2) is 9.49. The lowest BCUT2D eigenvalue weighted by atomic mass is 9.49. The van der Waals surface area contributed by atoms with Crippen LogP contribution in [0.25, 0.3) is 0 Å². The summed E-state index contributed by atoms with van der Waals surface area (Å²) in [6.07, 6.45) is 7.54. The van der Waals surface area contributed by atoms with Gasteiger partial charge in [-0.15, -0.1) is 0 Å². The van der Waals surface area contributed by atoms with Gasteiger partial charge in [0.15, 0.2) is 0 Å². The Balaban J connectivity index is 1.67. The van der Waals surface area contributed by atoms with Crippen LogP contribution in [0.4, 0.5) is 0 Å². The average Bonchev–Trinajstić information content (AvgIpc) is 2.70. The highest BCUT2D eigenvalue weighted by atomic mass is 16.3. The van der Waals surface area contributed by atoms with E-state index in [1.165, 1.54) is 37.7 Å². The maximum Gasteiger partial charge on any atom is 0.0584 e. The highest BCUT2D eigenvalue weighted by Gasteiger charge is 2.51. The predicted molar refractivity (Wildman–Crippen MR) is 124 cm³/mol. The first kappa shape index (κ1) is 22.8. The second-order valence-corrected chi connectivity index (χ2v) is 10.5. The zero-order valence-corrected chi connectivity index (χ0v) is 19.5. The summed E-state index contributed by atoms with van der Waals surface area (Å²) in [4.78, 5) is 0. The van der Waals surface area contributed by atoms with Gasteiger partial charge in [-0.2, -0.15) is 0 Å². The minimum absolute atomic E-state index is 0.229. The van der Waals surface area contributed by atoms with Gasteiger partial charge >= 0.3 is 0 Å². The number of hydrogen-bond acceptors (Lipinski definition) is 3. The molecule has 0 bridgehead atoms. The number of aliphatic hydroxyl groups excluding tert-OH is 1. The lowest BCUT2D eigenvalue weighted by Gasteiger charge is -2.55. The third-order valence-corrected chi connectivity index (χ3v) is 8.14. The smallest absolute Gasteiger partial charge is 0.0584 e. The van der Waals surface area contributed by atoms with Crippen molar-refractivity contribution >= 4 is 0 Å². The summed E-state index contributed by atoms with van der Waals surface area (Å²) in [5.74, 6) is 1.36. The van der Waals surface area contributed by atoms with Gasteiger partial charge in [0.05, 0.1) is 6.61 Å². The third-order valence-electron chi connectivity index (χ3n) is 8.14. The molecule has 0 amide bonds. The summed E-state index contributed by atoms with van der Waals surface area (Å²) in [5.41, 5.74) is 5.43. The number of nitrogens with one attached hydrogen (secondary N) is 2. The van der Waals surface area contributed by atoms with Gasteiger partial charge in [0, 0.05) is 25.7 Å². The molecular formula is C26H44N2O. The van der Waals surface area contributed by atoms with Gasteiger partial charge in [0.25, 0.3) is 0 Å². The molecule has 1 fully saturated rings. The van der Waals surface area contributed by atoms with E-state index in [1.807, 2.05) is 0 Å². The number of benzene rings is 1. The third kappa shape index (κ3) is 4.73. The van der Waals surface area contributed by atoms with E-state index in [0.29, 0.717) is 16.7 Å². The predicted octanol–water partition coefficient (Wildman–Crippen LogP) is 4.77. The highest BCUT2D eigenvalue weighted by molar-refractivity contribution is 5.42. The summed E-state index contributed by atoms with van der Waals surface area (Å²) >= 11 is 0. The normalized spacial score (nSPS) is 30.1. The van der Waals surface area contributed by atoms with Gasteiger partial charge < -0.3 is 15.7 Å². The van der Waals surface area contributed by atoms with Crippen LogP contribution in [0.3, 0.4) is 0 Å². The Morgan fingerprint density at radius 3 is 2.66 bits per heavy atom. The van der Waals surface area contributed by atoms with Crippen LogP contribution in [0.15, 0.2) is 18.2 Å². The first-order valence-electron chi connectivity index (χ1n) is 12.0. The molecule has 2 aliphatic carbocycles. The zero-order valence-electron chi connectivity index (χ0n) is 19.5. The lowest BCUT2D eigenvalue weighted by Crippen LogP contribution is -2.53. The molecule has 1 aromatic carbocycles. The van der Waals surface area contributed by atoms with E-state index in [9.17, 15) is 5.11 Å². The van der Waals surface area contributed by atoms with Crippen molar-refractivity contribution in [3.8, 4) is 0 Å². The van der Waals surface area contributed by atoms with Crippen molar-refractivity contribution < 1.29 is 5.11 Å². The molecule has 3 N–H and O–H groups in total. The fourth-order valence-corrected chi connectivity index (χ4v) is 6.29. The summed E-state index contributed by atoms with van der Waals surface area (Å²) in [5, 5.41) is 16.5. The van der Waals surface area contributed by atoms with Gasteiger partial charge in [-0.3, -0.25) is 0 Å². The molecule has 3 nitrogen and oxygen atoms in total. The van der Waals surface area contributed by atoms with E-state index in [1.54, 1.807) is 11.1 Å². The molecule has 4 atom stereocenters. The number of rotatable bonds is 9. The van der Waals surface area contributed by atoms with Crippen molar-refractivity contribution in [2.24, 2.45) is 11.3 Å².